The Kier molecular flexibility index (Phi) is 8.14. The van der Waals surface area contributed by atoms with Crippen molar-refractivity contribution in [3.63, 3.8) is 0 Å². The Hall–Kier alpha value is -2.53. The summed E-state index contributed by atoms with van der Waals surface area (Å²) in [4.78, 5) is 17.1. The molecule has 1 atom stereocenters. The van der Waals surface area contributed by atoms with Gasteiger partial charge in [0.2, 0.25) is 5.91 Å². The van der Waals surface area contributed by atoms with Gasteiger partial charge in [0.15, 0.2) is 0 Å². The molecule has 1 aliphatic heterocycles. The molecule has 5 heteroatoms. The Morgan fingerprint density at radius 2 is 1.87 bits per heavy atom. The first-order valence-electron chi connectivity index (χ1n) is 10.8. The quantitative estimate of drug-likeness (QED) is 0.633. The molecule has 0 spiro atoms. The Balaban J connectivity index is 1.46. The summed E-state index contributed by atoms with van der Waals surface area (Å²) in [6, 6.07) is 16.0. The van der Waals surface area contributed by atoms with Crippen LogP contribution in [0, 0.1) is 5.92 Å². The first-order valence-corrected chi connectivity index (χ1v) is 10.8. The van der Waals surface area contributed by atoms with Gasteiger partial charge in [-0.15, -0.1) is 0 Å². The van der Waals surface area contributed by atoms with E-state index >= 15 is 0 Å². The second-order valence-electron chi connectivity index (χ2n) is 8.17. The van der Waals surface area contributed by atoms with Crippen molar-refractivity contribution < 1.29 is 14.3 Å². The molecular formula is C25H34N2O3. The lowest BCUT2D eigenvalue weighted by Gasteiger charge is -2.35. The normalized spacial score (nSPS) is 16.8. The number of rotatable bonds is 9. The van der Waals surface area contributed by atoms with Crippen molar-refractivity contribution in [2.24, 2.45) is 5.92 Å². The van der Waals surface area contributed by atoms with Gasteiger partial charge in [0.25, 0.3) is 0 Å². The third-order valence-electron chi connectivity index (χ3n) is 5.97. The molecule has 2 aromatic carbocycles. The van der Waals surface area contributed by atoms with Crippen LogP contribution in [0.5, 0.6) is 11.5 Å². The summed E-state index contributed by atoms with van der Waals surface area (Å²) in [5.41, 5.74) is 2.28. The number of likely N-dealkylation sites (tertiary alicyclic amines) is 1. The maximum atomic E-state index is 12.7. The van der Waals surface area contributed by atoms with Crippen LogP contribution in [0.4, 0.5) is 0 Å². The Bertz CT molecular complexity index is 806. The Morgan fingerprint density at radius 1 is 1.10 bits per heavy atom. The van der Waals surface area contributed by atoms with Gasteiger partial charge in [0, 0.05) is 26.7 Å². The largest absolute Gasteiger partial charge is 0.497 e. The third-order valence-corrected chi connectivity index (χ3v) is 5.97. The van der Waals surface area contributed by atoms with Crippen molar-refractivity contribution in [1.82, 2.24) is 9.80 Å². The highest BCUT2D eigenvalue weighted by Gasteiger charge is 2.23. The standard InChI is InChI=1S/C25H34N2O3/c1-26(25(28)17-20-10-12-23(29-2)13-11-20)18-21-7-6-15-27(19-21)16-14-22-8-4-5-9-24(22)30-3/h4-5,8-13,21H,6-7,14-19H2,1-3H3/t21-/m0/s1. The number of piperidine rings is 1. The predicted molar refractivity (Wildman–Crippen MR) is 120 cm³/mol. The summed E-state index contributed by atoms with van der Waals surface area (Å²) in [5.74, 6) is 2.48. The number of benzene rings is 2. The number of amides is 1. The van der Waals surface area contributed by atoms with Gasteiger partial charge in [-0.3, -0.25) is 4.79 Å². The van der Waals surface area contributed by atoms with E-state index in [1.165, 1.54) is 18.4 Å². The molecule has 0 N–H and O–H groups in total. The number of carbonyl (C=O) groups is 1. The van der Waals surface area contributed by atoms with E-state index in [0.717, 1.165) is 49.7 Å². The van der Waals surface area contributed by atoms with E-state index in [9.17, 15) is 4.79 Å². The molecule has 1 aliphatic rings. The summed E-state index contributed by atoms with van der Waals surface area (Å²) in [7, 11) is 5.31. The topological polar surface area (TPSA) is 42.0 Å². The number of hydrogen-bond acceptors (Lipinski definition) is 4. The zero-order valence-corrected chi connectivity index (χ0v) is 18.5. The van der Waals surface area contributed by atoms with Crippen molar-refractivity contribution in [2.75, 3.05) is 47.4 Å². The number of likely N-dealkylation sites (N-methyl/N-ethyl adjacent to an activating group) is 1. The predicted octanol–water partition coefficient (Wildman–Crippen LogP) is 3.66. The summed E-state index contributed by atoms with van der Waals surface area (Å²) in [6.45, 7) is 4.03. The van der Waals surface area contributed by atoms with Crippen molar-refractivity contribution in [3.05, 3.63) is 59.7 Å². The van der Waals surface area contributed by atoms with E-state index in [0.29, 0.717) is 12.3 Å². The molecule has 0 aliphatic carbocycles. The van der Waals surface area contributed by atoms with Crippen LogP contribution in [0.15, 0.2) is 48.5 Å². The Morgan fingerprint density at radius 3 is 2.60 bits per heavy atom. The molecule has 30 heavy (non-hydrogen) atoms. The minimum Gasteiger partial charge on any atom is -0.497 e. The molecule has 0 saturated carbocycles. The van der Waals surface area contributed by atoms with Crippen molar-refractivity contribution in [3.8, 4) is 11.5 Å². The summed E-state index contributed by atoms with van der Waals surface area (Å²) in [5, 5.41) is 0. The minimum atomic E-state index is 0.173. The highest BCUT2D eigenvalue weighted by Crippen LogP contribution is 2.21. The number of hydrogen-bond donors (Lipinski definition) is 0. The summed E-state index contributed by atoms with van der Waals surface area (Å²) >= 11 is 0. The second kappa shape index (κ2) is 11.0. The molecule has 5 nitrogen and oxygen atoms in total. The molecular weight excluding hydrogens is 376 g/mol. The molecule has 1 saturated heterocycles. The maximum absolute atomic E-state index is 12.7. The fourth-order valence-corrected chi connectivity index (χ4v) is 4.23. The highest BCUT2D eigenvalue weighted by molar-refractivity contribution is 5.78. The summed E-state index contributed by atoms with van der Waals surface area (Å²) < 4.78 is 10.7. The van der Waals surface area contributed by atoms with E-state index < -0.39 is 0 Å². The number of methoxy groups -OCH3 is 2. The van der Waals surface area contributed by atoms with Crippen molar-refractivity contribution >= 4 is 5.91 Å². The zero-order valence-electron chi connectivity index (χ0n) is 18.5. The first kappa shape index (κ1) is 22.2. The van der Waals surface area contributed by atoms with Gasteiger partial charge in [-0.05, 0) is 61.1 Å². The van der Waals surface area contributed by atoms with E-state index in [-0.39, 0.29) is 5.91 Å². The van der Waals surface area contributed by atoms with Crippen LogP contribution in [-0.4, -0.2) is 63.2 Å². The molecule has 162 valence electrons. The smallest absolute Gasteiger partial charge is 0.226 e. The SMILES string of the molecule is COc1ccc(CC(=O)N(C)C[C@@H]2CCCN(CCc3ccccc3OC)C2)cc1. The van der Waals surface area contributed by atoms with Gasteiger partial charge >= 0.3 is 0 Å². The van der Waals surface area contributed by atoms with E-state index in [2.05, 4.69) is 17.0 Å². The number of para-hydroxylation sites is 1. The molecule has 3 rings (SSSR count). The Labute approximate surface area is 180 Å². The molecule has 1 fully saturated rings. The van der Waals surface area contributed by atoms with Gasteiger partial charge in [-0.25, -0.2) is 0 Å². The second-order valence-corrected chi connectivity index (χ2v) is 8.17. The van der Waals surface area contributed by atoms with E-state index in [1.54, 1.807) is 14.2 Å². The lowest BCUT2D eigenvalue weighted by molar-refractivity contribution is -0.130. The van der Waals surface area contributed by atoms with Crippen LogP contribution in [0.2, 0.25) is 0 Å². The number of nitrogens with zero attached hydrogens (tertiary/aromatic N) is 2. The zero-order chi connectivity index (χ0) is 21.3. The lowest BCUT2D eigenvalue weighted by atomic mass is 9.96. The maximum Gasteiger partial charge on any atom is 0.226 e. The van der Waals surface area contributed by atoms with E-state index in [4.69, 9.17) is 9.47 Å². The molecule has 0 bridgehead atoms. The fraction of sp³-hybridized carbons (Fsp3) is 0.480. The monoisotopic (exact) mass is 410 g/mol. The van der Waals surface area contributed by atoms with Gasteiger partial charge in [-0.1, -0.05) is 30.3 Å². The molecule has 2 aromatic rings. The first-order chi connectivity index (χ1) is 14.6. The molecule has 0 radical (unpaired) electrons. The fourth-order valence-electron chi connectivity index (χ4n) is 4.23. The van der Waals surface area contributed by atoms with Crippen LogP contribution >= 0.6 is 0 Å². The van der Waals surface area contributed by atoms with Crippen molar-refractivity contribution in [1.29, 1.82) is 0 Å². The van der Waals surface area contributed by atoms with Gasteiger partial charge < -0.3 is 19.3 Å². The van der Waals surface area contributed by atoms with Crippen LogP contribution in [0.1, 0.15) is 24.0 Å². The molecule has 1 amide bonds. The number of carbonyl (C=O) groups excluding carboxylic acids is 1. The van der Waals surface area contributed by atoms with Gasteiger partial charge in [0.05, 0.1) is 20.6 Å². The summed E-state index contributed by atoms with van der Waals surface area (Å²) in [6.07, 6.45) is 3.80. The van der Waals surface area contributed by atoms with Gasteiger partial charge in [-0.2, -0.15) is 0 Å². The molecule has 0 unspecified atom stereocenters. The number of ether oxygens (including phenoxy) is 2. The molecule has 0 aromatic heterocycles. The third kappa shape index (κ3) is 6.23. The lowest BCUT2D eigenvalue weighted by Crippen LogP contribution is -2.42. The van der Waals surface area contributed by atoms with Gasteiger partial charge in [0.1, 0.15) is 11.5 Å². The minimum absolute atomic E-state index is 0.173. The average molecular weight is 411 g/mol. The average Bonchev–Trinajstić information content (AvgIpc) is 2.78. The van der Waals surface area contributed by atoms with Crippen LogP contribution < -0.4 is 9.47 Å². The van der Waals surface area contributed by atoms with Crippen LogP contribution in [-0.2, 0) is 17.6 Å². The highest BCUT2D eigenvalue weighted by atomic mass is 16.5. The molecule has 1 heterocycles. The van der Waals surface area contributed by atoms with Crippen molar-refractivity contribution in [2.45, 2.75) is 25.7 Å². The van der Waals surface area contributed by atoms with Crippen LogP contribution in [0.25, 0.3) is 0 Å². The van der Waals surface area contributed by atoms with Crippen LogP contribution in [0.3, 0.4) is 0 Å². The van der Waals surface area contributed by atoms with E-state index in [1.807, 2.05) is 48.3 Å².